The number of hydrogen-bond donors (Lipinski definition) is 1. The van der Waals surface area contributed by atoms with Crippen molar-refractivity contribution < 1.29 is 17.9 Å². The van der Waals surface area contributed by atoms with Crippen LogP contribution in [0.5, 0.6) is 5.75 Å². The van der Waals surface area contributed by atoms with Crippen molar-refractivity contribution in [1.82, 2.24) is 9.29 Å². The minimum Gasteiger partial charge on any atom is -0.494 e. The van der Waals surface area contributed by atoms with Crippen LogP contribution in [0.3, 0.4) is 0 Å². The molecule has 0 saturated carbocycles. The number of nitrogens with zero attached hydrogens (tertiary/aromatic N) is 1. The first-order valence-corrected chi connectivity index (χ1v) is 11.9. The number of pyridine rings is 1. The van der Waals surface area contributed by atoms with Gasteiger partial charge in [0.2, 0.25) is 10.0 Å². The van der Waals surface area contributed by atoms with Gasteiger partial charge >= 0.3 is 0 Å². The Hall–Kier alpha value is -2.68. The molecule has 1 aliphatic rings. The molecule has 1 saturated heterocycles. The van der Waals surface area contributed by atoms with Gasteiger partial charge in [0, 0.05) is 36.2 Å². The van der Waals surface area contributed by atoms with E-state index in [0.29, 0.717) is 30.0 Å². The van der Waals surface area contributed by atoms with Crippen LogP contribution in [0.25, 0.3) is 10.9 Å². The second-order valence-corrected chi connectivity index (χ2v) is 9.49. The number of H-pyrrole nitrogens is 1. The molecule has 0 bridgehead atoms. The third-order valence-electron chi connectivity index (χ3n) is 5.36. The topological polar surface area (TPSA) is 88.7 Å². The molecule has 7 nitrogen and oxygen atoms in total. The number of nitrogens with one attached hydrogen (secondary N) is 1. The largest absolute Gasteiger partial charge is 0.494 e. The molecule has 0 amide bonds. The Morgan fingerprint density at radius 1 is 1.16 bits per heavy atom. The van der Waals surface area contributed by atoms with Gasteiger partial charge in [-0.15, -0.1) is 0 Å². The van der Waals surface area contributed by atoms with E-state index in [9.17, 15) is 13.2 Å². The summed E-state index contributed by atoms with van der Waals surface area (Å²) in [6, 6.07) is 15.4. The minimum atomic E-state index is -3.80. The summed E-state index contributed by atoms with van der Waals surface area (Å²) in [7, 11) is -3.80. The quantitative estimate of drug-likeness (QED) is 0.578. The van der Waals surface area contributed by atoms with Gasteiger partial charge in [0.1, 0.15) is 5.75 Å². The van der Waals surface area contributed by atoms with E-state index in [1.807, 2.05) is 13.0 Å². The molecular weight excluding hydrogens is 416 g/mol. The highest BCUT2D eigenvalue weighted by Crippen LogP contribution is 2.23. The van der Waals surface area contributed by atoms with Gasteiger partial charge in [0.05, 0.1) is 17.6 Å². The standard InChI is InChI=1S/C23H26N2O5S/c1-2-29-19-10-11-22-17(14-19)13-18(23(26)24-22)15-25(16-20-7-6-12-30-20)31(27,28)21-8-4-3-5-9-21/h3-5,8-11,13-14,20H,2,6-7,12,15-16H2,1H3,(H,24,26)/t20-/m0/s1. The lowest BCUT2D eigenvalue weighted by atomic mass is 10.1. The smallest absolute Gasteiger partial charge is 0.252 e. The van der Waals surface area contributed by atoms with Gasteiger partial charge < -0.3 is 14.5 Å². The number of ether oxygens (including phenoxy) is 2. The molecule has 1 N–H and O–H groups in total. The van der Waals surface area contributed by atoms with Crippen LogP contribution in [0.15, 0.2) is 64.3 Å². The number of aromatic amines is 1. The van der Waals surface area contributed by atoms with E-state index >= 15 is 0 Å². The van der Waals surface area contributed by atoms with Crippen LogP contribution in [0.2, 0.25) is 0 Å². The van der Waals surface area contributed by atoms with Crippen molar-refractivity contribution in [2.75, 3.05) is 19.8 Å². The summed E-state index contributed by atoms with van der Waals surface area (Å²) in [5.74, 6) is 0.695. The third kappa shape index (κ3) is 4.81. The van der Waals surface area contributed by atoms with Crippen molar-refractivity contribution >= 4 is 20.9 Å². The van der Waals surface area contributed by atoms with Crippen LogP contribution in [-0.2, 0) is 21.3 Å². The van der Waals surface area contributed by atoms with Crippen LogP contribution in [-0.4, -0.2) is 43.6 Å². The molecule has 0 radical (unpaired) electrons. The monoisotopic (exact) mass is 442 g/mol. The Labute approximate surface area is 181 Å². The number of hydrogen-bond acceptors (Lipinski definition) is 5. The lowest BCUT2D eigenvalue weighted by Crippen LogP contribution is -2.38. The second kappa shape index (κ2) is 9.21. The summed E-state index contributed by atoms with van der Waals surface area (Å²) in [4.78, 5) is 15.8. The van der Waals surface area contributed by atoms with Crippen molar-refractivity contribution in [3.63, 3.8) is 0 Å². The summed E-state index contributed by atoms with van der Waals surface area (Å²) in [6.07, 6.45) is 1.52. The van der Waals surface area contributed by atoms with E-state index in [0.717, 1.165) is 18.2 Å². The fraction of sp³-hybridized carbons (Fsp3) is 0.348. The van der Waals surface area contributed by atoms with Crippen LogP contribution >= 0.6 is 0 Å². The predicted molar refractivity (Wildman–Crippen MR) is 119 cm³/mol. The molecular formula is C23H26N2O5S. The molecule has 8 heteroatoms. The molecule has 1 fully saturated rings. The maximum Gasteiger partial charge on any atom is 0.252 e. The van der Waals surface area contributed by atoms with Crippen LogP contribution in [0.4, 0.5) is 0 Å². The minimum absolute atomic E-state index is 0.0405. The van der Waals surface area contributed by atoms with Gasteiger partial charge in [0.15, 0.2) is 0 Å². The predicted octanol–water partition coefficient (Wildman–Crippen LogP) is 3.30. The van der Waals surface area contributed by atoms with Crippen molar-refractivity contribution in [2.24, 2.45) is 0 Å². The number of fused-ring (bicyclic) bond motifs is 1. The molecule has 0 aliphatic carbocycles. The second-order valence-electron chi connectivity index (χ2n) is 7.55. The summed E-state index contributed by atoms with van der Waals surface area (Å²) < 4.78 is 39.3. The van der Waals surface area contributed by atoms with E-state index in [2.05, 4.69) is 4.98 Å². The van der Waals surface area contributed by atoms with Gasteiger partial charge in [-0.3, -0.25) is 4.79 Å². The average Bonchev–Trinajstić information content (AvgIpc) is 3.28. The van der Waals surface area contributed by atoms with Crippen LogP contribution in [0, 0.1) is 0 Å². The van der Waals surface area contributed by atoms with Crippen molar-refractivity contribution in [3.8, 4) is 5.75 Å². The Balaban J connectivity index is 1.71. The highest BCUT2D eigenvalue weighted by molar-refractivity contribution is 7.89. The van der Waals surface area contributed by atoms with E-state index in [-0.39, 0.29) is 29.6 Å². The Morgan fingerprint density at radius 2 is 1.97 bits per heavy atom. The number of aromatic nitrogens is 1. The lowest BCUT2D eigenvalue weighted by molar-refractivity contribution is 0.0925. The van der Waals surface area contributed by atoms with Gasteiger partial charge in [-0.05, 0) is 56.2 Å². The van der Waals surface area contributed by atoms with Gasteiger partial charge in [-0.25, -0.2) is 8.42 Å². The van der Waals surface area contributed by atoms with Crippen LogP contribution in [0.1, 0.15) is 25.3 Å². The maximum atomic E-state index is 13.4. The lowest BCUT2D eigenvalue weighted by Gasteiger charge is -2.25. The molecule has 0 unspecified atom stereocenters. The zero-order chi connectivity index (χ0) is 21.8. The first kappa shape index (κ1) is 21.5. The molecule has 1 atom stereocenters. The fourth-order valence-electron chi connectivity index (χ4n) is 3.80. The summed E-state index contributed by atoms with van der Waals surface area (Å²) in [5.41, 5.74) is 0.740. The Bertz CT molecular complexity index is 1200. The molecule has 4 rings (SSSR count). The highest BCUT2D eigenvalue weighted by atomic mass is 32.2. The van der Waals surface area contributed by atoms with E-state index < -0.39 is 10.0 Å². The molecule has 1 aliphatic heterocycles. The molecule has 3 aromatic rings. The fourth-order valence-corrected chi connectivity index (χ4v) is 5.27. The van der Waals surface area contributed by atoms with Gasteiger partial charge in [0.25, 0.3) is 5.56 Å². The SMILES string of the molecule is CCOc1ccc2[nH]c(=O)c(CN(C[C@@H]3CCCO3)S(=O)(=O)c3ccccc3)cc2c1. The molecule has 1 aromatic heterocycles. The zero-order valence-electron chi connectivity index (χ0n) is 17.4. The molecule has 0 spiro atoms. The van der Waals surface area contributed by atoms with Gasteiger partial charge in [-0.2, -0.15) is 4.31 Å². The Morgan fingerprint density at radius 3 is 2.68 bits per heavy atom. The van der Waals surface area contributed by atoms with Crippen molar-refractivity contribution in [2.45, 2.75) is 37.3 Å². The molecule has 2 heterocycles. The van der Waals surface area contributed by atoms with Gasteiger partial charge in [-0.1, -0.05) is 18.2 Å². The van der Waals surface area contributed by atoms with E-state index in [4.69, 9.17) is 9.47 Å². The average molecular weight is 443 g/mol. The molecule has 2 aromatic carbocycles. The normalized spacial score (nSPS) is 16.8. The summed E-state index contributed by atoms with van der Waals surface area (Å²) in [5, 5.41) is 0.787. The first-order valence-electron chi connectivity index (χ1n) is 10.4. The van der Waals surface area contributed by atoms with Crippen molar-refractivity contribution in [1.29, 1.82) is 0 Å². The highest BCUT2D eigenvalue weighted by Gasteiger charge is 2.29. The first-order chi connectivity index (χ1) is 15.0. The number of sulfonamides is 1. The van der Waals surface area contributed by atoms with Crippen LogP contribution < -0.4 is 10.3 Å². The number of benzene rings is 2. The molecule has 31 heavy (non-hydrogen) atoms. The number of rotatable bonds is 8. The summed E-state index contributed by atoms with van der Waals surface area (Å²) >= 11 is 0. The summed E-state index contributed by atoms with van der Waals surface area (Å²) in [6.45, 7) is 3.22. The van der Waals surface area contributed by atoms with E-state index in [1.54, 1.807) is 48.5 Å². The van der Waals surface area contributed by atoms with E-state index in [1.165, 1.54) is 4.31 Å². The Kier molecular flexibility index (Phi) is 6.41. The zero-order valence-corrected chi connectivity index (χ0v) is 18.2. The maximum absolute atomic E-state index is 13.4. The third-order valence-corrected chi connectivity index (χ3v) is 7.19. The molecule has 164 valence electrons. The van der Waals surface area contributed by atoms with Crippen molar-refractivity contribution in [3.05, 3.63) is 70.5 Å².